The van der Waals surface area contributed by atoms with Crippen LogP contribution in [0.15, 0.2) is 42.5 Å². The summed E-state index contributed by atoms with van der Waals surface area (Å²) < 4.78 is 18.1. The van der Waals surface area contributed by atoms with Crippen LogP contribution >= 0.6 is 0 Å². The standard InChI is InChI=1S/C26H35N5O7/c1-15(30-25(35)19(27)12-16-4-7-18(32)8-5-16)24(34)31-20(26(36)29-11-10-23(28)33)13-17-6-9-21(37-2)22(14-17)38-3/h4-9,14-15,19-20,32H,10-13,27H2,1-3H3,(H2,28,33)(H,29,36)(H,30,35)(H,31,34)/t15-,19-,20-/m0/s1/i/hD. The fourth-order valence-electron chi connectivity index (χ4n) is 3.52. The Morgan fingerprint density at radius 2 is 1.58 bits per heavy atom. The largest absolute Gasteiger partial charge is 0.508 e. The van der Waals surface area contributed by atoms with Gasteiger partial charge in [0.15, 0.2) is 11.5 Å². The van der Waals surface area contributed by atoms with Crippen LogP contribution in [0, 0.1) is 0 Å². The molecule has 38 heavy (non-hydrogen) atoms. The maximum Gasteiger partial charge on any atom is 0.242 e. The number of carbonyl (C=O) groups excluding carboxylic acids is 4. The van der Waals surface area contributed by atoms with Crippen molar-refractivity contribution in [2.24, 2.45) is 11.5 Å². The Hall–Kier alpha value is -4.32. The van der Waals surface area contributed by atoms with Crippen molar-refractivity contribution in [2.75, 3.05) is 20.8 Å². The van der Waals surface area contributed by atoms with Gasteiger partial charge >= 0.3 is 0 Å². The third-order valence-corrected chi connectivity index (χ3v) is 5.64. The minimum Gasteiger partial charge on any atom is -0.508 e. The monoisotopic (exact) mass is 530 g/mol. The van der Waals surface area contributed by atoms with Crippen LogP contribution in [0.2, 0.25) is 1.41 Å². The highest BCUT2D eigenvalue weighted by Crippen LogP contribution is 2.28. The lowest BCUT2D eigenvalue weighted by Gasteiger charge is -2.22. The second kappa shape index (κ2) is 14.4. The summed E-state index contributed by atoms with van der Waals surface area (Å²) in [5.41, 5.74) is 8.67. The number of phenolic OH excluding ortho intramolecular Hbond substituents is 1. The first kappa shape index (κ1) is 28.3. The van der Waals surface area contributed by atoms with E-state index in [9.17, 15) is 24.3 Å². The number of hydrogen-bond donors (Lipinski definition) is 6. The normalized spacial score (nSPS) is 13.3. The van der Waals surface area contributed by atoms with Gasteiger partial charge in [-0.1, -0.05) is 18.2 Å². The molecule has 12 nitrogen and oxygen atoms in total. The Balaban J connectivity index is 2.10. The van der Waals surface area contributed by atoms with Crippen molar-refractivity contribution in [1.29, 1.82) is 0 Å². The van der Waals surface area contributed by atoms with Gasteiger partial charge in [0.1, 0.15) is 19.2 Å². The molecule has 0 spiro atoms. The van der Waals surface area contributed by atoms with Gasteiger partial charge in [0.05, 0.1) is 20.3 Å². The minimum absolute atomic E-state index is 0.00707. The number of phenols is 1. The van der Waals surface area contributed by atoms with Crippen molar-refractivity contribution in [3.05, 3.63) is 53.6 Å². The van der Waals surface area contributed by atoms with Gasteiger partial charge in [-0.15, -0.1) is 0 Å². The van der Waals surface area contributed by atoms with Gasteiger partial charge in [0.25, 0.3) is 0 Å². The minimum atomic E-state index is -1.05. The smallest absolute Gasteiger partial charge is 0.242 e. The average molecular weight is 531 g/mol. The maximum atomic E-state index is 13.0. The van der Waals surface area contributed by atoms with E-state index in [2.05, 4.69) is 21.7 Å². The van der Waals surface area contributed by atoms with Crippen LogP contribution in [-0.2, 0) is 32.0 Å². The van der Waals surface area contributed by atoms with Crippen molar-refractivity contribution in [3.8, 4) is 17.2 Å². The average Bonchev–Trinajstić information content (AvgIpc) is 2.91. The van der Waals surface area contributed by atoms with Gasteiger partial charge in [0, 0.05) is 19.4 Å². The van der Waals surface area contributed by atoms with E-state index in [1.54, 1.807) is 30.3 Å². The zero-order valence-corrected chi connectivity index (χ0v) is 21.6. The maximum absolute atomic E-state index is 13.0. The van der Waals surface area contributed by atoms with Crippen LogP contribution in [0.25, 0.3) is 0 Å². The van der Waals surface area contributed by atoms with E-state index in [0.717, 1.165) is 0 Å². The number of rotatable bonds is 15. The van der Waals surface area contributed by atoms with E-state index in [4.69, 9.17) is 16.6 Å². The Bertz CT molecular complexity index is 1150. The number of nitrogens with one attached hydrogen (secondary N) is 3. The van der Waals surface area contributed by atoms with Crippen LogP contribution in [0.1, 0.15) is 24.5 Å². The molecular formula is C26H35N5O7. The highest BCUT2D eigenvalue weighted by molar-refractivity contribution is 5.93. The number of primary amides is 1. The van der Waals surface area contributed by atoms with Crippen LogP contribution in [-0.4, -0.2) is 67.6 Å². The van der Waals surface area contributed by atoms with E-state index >= 15 is 0 Å². The van der Waals surface area contributed by atoms with Gasteiger partial charge in [-0.2, -0.15) is 0 Å². The first-order valence-electron chi connectivity index (χ1n) is 12.4. The molecule has 0 aliphatic heterocycles. The third kappa shape index (κ3) is 9.28. The summed E-state index contributed by atoms with van der Waals surface area (Å²) in [6.07, 6.45) is 0.152. The molecule has 2 rings (SSSR count). The summed E-state index contributed by atoms with van der Waals surface area (Å²) in [6.45, 7) is 1.44. The first-order valence-corrected chi connectivity index (χ1v) is 11.9. The summed E-state index contributed by atoms with van der Waals surface area (Å²) >= 11 is 0. The van der Waals surface area contributed by atoms with E-state index < -0.39 is 41.8 Å². The topological polar surface area (TPSA) is 195 Å². The number of ether oxygens (including phenoxy) is 2. The van der Waals surface area contributed by atoms with Gasteiger partial charge in [0.2, 0.25) is 23.6 Å². The Labute approximate surface area is 222 Å². The second-order valence-electron chi connectivity index (χ2n) is 8.62. The molecule has 12 heteroatoms. The molecule has 0 aromatic heterocycles. The van der Waals surface area contributed by atoms with Crippen molar-refractivity contribution in [3.63, 3.8) is 0 Å². The summed E-state index contributed by atoms with van der Waals surface area (Å²) in [5, 5.41) is 17.2. The van der Waals surface area contributed by atoms with Gasteiger partial charge < -0.3 is 42.0 Å². The molecule has 0 saturated heterocycles. The van der Waals surface area contributed by atoms with Crippen LogP contribution in [0.4, 0.5) is 0 Å². The number of methoxy groups -OCH3 is 2. The second-order valence-corrected chi connectivity index (χ2v) is 8.62. The summed E-state index contributed by atoms with van der Waals surface area (Å²) in [5.74, 6) is -1.35. The van der Waals surface area contributed by atoms with Gasteiger partial charge in [-0.25, -0.2) is 0 Å². The molecule has 0 saturated carbocycles. The van der Waals surface area contributed by atoms with Crippen LogP contribution in [0.5, 0.6) is 17.2 Å². The number of carbonyl (C=O) groups is 4. The molecule has 206 valence electrons. The molecule has 0 fully saturated rings. The Morgan fingerprint density at radius 1 is 0.921 bits per heavy atom. The van der Waals surface area contributed by atoms with Crippen molar-refractivity contribution in [2.45, 2.75) is 44.3 Å². The first-order chi connectivity index (χ1) is 18.6. The molecule has 2 aromatic carbocycles. The lowest BCUT2D eigenvalue weighted by Crippen LogP contribution is -2.55. The predicted molar refractivity (Wildman–Crippen MR) is 139 cm³/mol. The molecule has 0 radical (unpaired) electrons. The Kier molecular flexibility index (Phi) is 10.7. The SMILES string of the molecule is [2H]N[C@@H](Cc1ccc(O)cc1)C(=O)N[C@@H](C)C(=O)N[C@@H](Cc1ccc(OC)c(OC)c1)C(=O)NCCC(N)=O. The number of benzene rings is 2. The third-order valence-electron chi connectivity index (χ3n) is 5.64. The molecule has 0 unspecified atom stereocenters. The molecule has 0 heterocycles. The highest BCUT2D eigenvalue weighted by atomic mass is 16.5. The lowest BCUT2D eigenvalue weighted by molar-refractivity contribution is -0.132. The molecule has 8 N–H and O–H groups in total. The summed E-state index contributed by atoms with van der Waals surface area (Å²) in [4.78, 5) is 49.7. The number of aromatic hydroxyl groups is 1. The molecule has 0 aliphatic rings. The molecular weight excluding hydrogens is 494 g/mol. The highest BCUT2D eigenvalue weighted by Gasteiger charge is 2.26. The molecule has 0 bridgehead atoms. The zero-order valence-electron chi connectivity index (χ0n) is 22.6. The Morgan fingerprint density at radius 3 is 2.18 bits per heavy atom. The summed E-state index contributed by atoms with van der Waals surface area (Å²) in [6, 6.07) is 8.19. The molecule has 3 atom stereocenters. The fourth-order valence-corrected chi connectivity index (χ4v) is 3.52. The summed E-state index contributed by atoms with van der Waals surface area (Å²) in [7, 11) is 2.97. The zero-order chi connectivity index (χ0) is 28.9. The van der Waals surface area contributed by atoms with Crippen LogP contribution in [0.3, 0.4) is 0 Å². The lowest BCUT2D eigenvalue weighted by atomic mass is 10.0. The number of amides is 4. The molecule has 4 amide bonds. The van der Waals surface area contributed by atoms with Crippen LogP contribution < -0.4 is 36.9 Å². The number of hydrogen-bond acceptors (Lipinski definition) is 8. The molecule has 2 aromatic rings. The number of nitrogens with two attached hydrogens (primary N) is 2. The van der Waals surface area contributed by atoms with Crippen molar-refractivity contribution in [1.82, 2.24) is 16.0 Å². The quantitative estimate of drug-likeness (QED) is 0.177. The predicted octanol–water partition coefficient (Wildman–Crippen LogP) is -0.497. The van der Waals surface area contributed by atoms with Crippen molar-refractivity contribution >= 4 is 23.6 Å². The van der Waals surface area contributed by atoms with E-state index in [0.29, 0.717) is 22.6 Å². The molecule has 0 aliphatic carbocycles. The van der Waals surface area contributed by atoms with Gasteiger partial charge in [-0.3, -0.25) is 19.2 Å². The van der Waals surface area contributed by atoms with E-state index in [-0.39, 0.29) is 31.6 Å². The van der Waals surface area contributed by atoms with E-state index in [1.165, 1.54) is 33.3 Å². The fraction of sp³-hybridized carbons (Fsp3) is 0.385. The van der Waals surface area contributed by atoms with Crippen molar-refractivity contribution < 1.29 is 35.2 Å². The van der Waals surface area contributed by atoms with Gasteiger partial charge in [-0.05, 0) is 48.7 Å². The van der Waals surface area contributed by atoms with E-state index in [1.807, 2.05) is 0 Å².